The Morgan fingerprint density at radius 3 is 2.35 bits per heavy atom. The molecule has 1 radical (unpaired) electrons. The van der Waals surface area contributed by atoms with Crippen LogP contribution in [0.25, 0.3) is 21.9 Å². The number of hydrogen-bond donors (Lipinski definition) is 0. The molecule has 3 rings (SSSR count). The number of aryl methyl sites for hydroxylation is 2. The van der Waals surface area contributed by atoms with E-state index < -0.39 is 0 Å². The minimum Gasteiger partial charge on any atom is -1.00 e. The van der Waals surface area contributed by atoms with Gasteiger partial charge >= 0.3 is 26.2 Å². The summed E-state index contributed by atoms with van der Waals surface area (Å²) in [7, 11) is 0. The van der Waals surface area contributed by atoms with Gasteiger partial charge in [-0.2, -0.15) is 0 Å². The molecule has 0 N–H and O–H groups in total. The fourth-order valence-corrected chi connectivity index (χ4v) is 2.89. The second-order valence-electron chi connectivity index (χ2n) is 5.63. The van der Waals surface area contributed by atoms with Gasteiger partial charge in [-0.25, -0.2) is 0 Å². The molecule has 23 heavy (non-hydrogen) atoms. The number of unbranched alkanes of at least 4 members (excludes halogenated alkanes) is 1. The van der Waals surface area contributed by atoms with E-state index in [0.717, 1.165) is 0 Å². The second kappa shape index (κ2) is 10.4. The molecule has 0 aliphatic carbocycles. The number of hydrogen-bond acceptors (Lipinski definition) is 0. The predicted molar refractivity (Wildman–Crippen MR) is 88.3 cm³/mol. The smallest absolute Gasteiger partial charge is 1.00 e. The monoisotopic (exact) mass is 421 g/mol. The SMILES string of the molecule is CCCCc1ccc(-c2cc3ccccc3[cH-]2)c(C)c1.[Cl-].[Cl-].[Zr+3]. The second-order valence-corrected chi connectivity index (χ2v) is 5.63. The molecule has 0 aromatic heterocycles. The Kier molecular flexibility index (Phi) is 10.2. The first kappa shape index (κ1) is 22.5. The fraction of sp³-hybridized carbons (Fsp3) is 0.250. The van der Waals surface area contributed by atoms with E-state index in [2.05, 4.69) is 68.4 Å². The zero-order valence-corrected chi connectivity index (χ0v) is 17.5. The Labute approximate surface area is 171 Å². The average molecular weight is 424 g/mol. The fourth-order valence-electron chi connectivity index (χ4n) is 2.89. The maximum absolute atomic E-state index is 2.35. The van der Waals surface area contributed by atoms with Crippen LogP contribution in [0, 0.1) is 6.92 Å². The summed E-state index contributed by atoms with van der Waals surface area (Å²) in [6.45, 7) is 4.47. The molecule has 0 saturated heterocycles. The summed E-state index contributed by atoms with van der Waals surface area (Å²) in [5, 5.41) is 2.66. The normalized spacial score (nSPS) is 9.65. The standard InChI is InChI=1S/C20H21.2ClH.Zr/c1-3-4-7-16-10-11-20(15(2)12-16)19-13-17-8-5-6-9-18(17)14-19;;;/h5-6,8-14H,3-4,7H2,1-2H3;2*1H;/q-1;;;+3/p-2. The molecule has 0 bridgehead atoms. The maximum Gasteiger partial charge on any atom is 3.00 e. The van der Waals surface area contributed by atoms with Crippen molar-refractivity contribution in [3.8, 4) is 11.1 Å². The minimum atomic E-state index is 0. The molecule has 0 spiro atoms. The van der Waals surface area contributed by atoms with Gasteiger partial charge in [-0.3, -0.25) is 0 Å². The maximum atomic E-state index is 2.35. The van der Waals surface area contributed by atoms with E-state index in [1.807, 2.05) is 0 Å². The van der Waals surface area contributed by atoms with Gasteiger partial charge in [0.05, 0.1) is 0 Å². The van der Waals surface area contributed by atoms with Crippen molar-refractivity contribution in [2.45, 2.75) is 33.1 Å². The van der Waals surface area contributed by atoms with Gasteiger partial charge in [0.25, 0.3) is 0 Å². The Balaban J connectivity index is 0.00000161. The number of halogens is 2. The van der Waals surface area contributed by atoms with Crippen LogP contribution in [-0.2, 0) is 32.6 Å². The van der Waals surface area contributed by atoms with Crippen molar-refractivity contribution in [3.63, 3.8) is 0 Å². The van der Waals surface area contributed by atoms with Crippen molar-refractivity contribution in [1.82, 2.24) is 0 Å². The Morgan fingerprint density at radius 2 is 1.70 bits per heavy atom. The topological polar surface area (TPSA) is 0 Å². The van der Waals surface area contributed by atoms with Crippen LogP contribution in [0.2, 0.25) is 0 Å². The van der Waals surface area contributed by atoms with Gasteiger partial charge in [0.1, 0.15) is 0 Å². The molecule has 0 atom stereocenters. The summed E-state index contributed by atoms with van der Waals surface area (Å²) in [4.78, 5) is 0. The molecule has 0 nitrogen and oxygen atoms in total. The van der Waals surface area contributed by atoms with Crippen molar-refractivity contribution in [2.24, 2.45) is 0 Å². The quantitative estimate of drug-likeness (QED) is 0.514. The molecule has 0 unspecified atom stereocenters. The third-order valence-electron chi connectivity index (χ3n) is 4.04. The van der Waals surface area contributed by atoms with E-state index >= 15 is 0 Å². The van der Waals surface area contributed by atoms with Gasteiger partial charge in [-0.15, -0.1) is 34.5 Å². The Bertz CT molecular complexity index is 698. The van der Waals surface area contributed by atoms with Crippen molar-refractivity contribution in [3.05, 3.63) is 65.7 Å². The van der Waals surface area contributed by atoms with E-state index in [1.165, 1.54) is 52.3 Å². The van der Waals surface area contributed by atoms with Crippen LogP contribution in [0.5, 0.6) is 0 Å². The van der Waals surface area contributed by atoms with E-state index in [-0.39, 0.29) is 51.0 Å². The van der Waals surface area contributed by atoms with E-state index in [4.69, 9.17) is 0 Å². The van der Waals surface area contributed by atoms with Gasteiger partial charge in [0.15, 0.2) is 0 Å². The molecular weight excluding hydrogens is 402 g/mol. The summed E-state index contributed by atoms with van der Waals surface area (Å²) >= 11 is 0. The minimum absolute atomic E-state index is 0. The van der Waals surface area contributed by atoms with E-state index in [0.29, 0.717) is 0 Å². The van der Waals surface area contributed by atoms with E-state index in [1.54, 1.807) is 0 Å². The van der Waals surface area contributed by atoms with Gasteiger partial charge in [0, 0.05) is 0 Å². The first-order chi connectivity index (χ1) is 9.78. The predicted octanol–water partition coefficient (Wildman–Crippen LogP) is -0.118. The number of benzene rings is 2. The summed E-state index contributed by atoms with van der Waals surface area (Å²) in [5.41, 5.74) is 5.55. The zero-order chi connectivity index (χ0) is 13.9. The van der Waals surface area contributed by atoms with Crippen LogP contribution in [0.1, 0.15) is 30.9 Å². The van der Waals surface area contributed by atoms with Crippen LogP contribution < -0.4 is 24.8 Å². The molecule has 0 aliphatic heterocycles. The molecule has 0 fully saturated rings. The summed E-state index contributed by atoms with van der Waals surface area (Å²) in [6, 6.07) is 20.1. The zero-order valence-electron chi connectivity index (χ0n) is 13.6. The van der Waals surface area contributed by atoms with Gasteiger partial charge < -0.3 is 24.8 Å². The summed E-state index contributed by atoms with van der Waals surface area (Å²) < 4.78 is 0. The van der Waals surface area contributed by atoms with Crippen molar-refractivity contribution in [1.29, 1.82) is 0 Å². The molecule has 3 heteroatoms. The molecule has 0 saturated carbocycles. The largest absolute Gasteiger partial charge is 3.00 e. The third-order valence-corrected chi connectivity index (χ3v) is 4.04. The van der Waals surface area contributed by atoms with Crippen LogP contribution in [0.15, 0.2) is 54.6 Å². The third kappa shape index (κ3) is 5.25. The number of fused-ring (bicyclic) bond motifs is 1. The van der Waals surface area contributed by atoms with Gasteiger partial charge in [0.2, 0.25) is 0 Å². The Hall–Kier alpha value is -0.487. The van der Waals surface area contributed by atoms with E-state index in [9.17, 15) is 0 Å². The molecule has 119 valence electrons. The molecule has 0 heterocycles. The van der Waals surface area contributed by atoms with Crippen LogP contribution in [0.3, 0.4) is 0 Å². The van der Waals surface area contributed by atoms with Gasteiger partial charge in [-0.05, 0) is 25.3 Å². The number of rotatable bonds is 4. The molecule has 3 aromatic carbocycles. The van der Waals surface area contributed by atoms with Gasteiger partial charge in [-0.1, -0.05) is 60.9 Å². The van der Waals surface area contributed by atoms with Crippen LogP contribution in [0.4, 0.5) is 0 Å². The first-order valence-electron chi connectivity index (χ1n) is 7.53. The van der Waals surface area contributed by atoms with Crippen molar-refractivity contribution < 1.29 is 51.0 Å². The van der Waals surface area contributed by atoms with Crippen LogP contribution in [-0.4, -0.2) is 0 Å². The summed E-state index contributed by atoms with van der Waals surface area (Å²) in [6.07, 6.45) is 3.73. The Morgan fingerprint density at radius 1 is 0.957 bits per heavy atom. The molecule has 0 amide bonds. The van der Waals surface area contributed by atoms with Crippen LogP contribution >= 0.6 is 0 Å². The van der Waals surface area contributed by atoms with Crippen molar-refractivity contribution >= 4 is 10.8 Å². The molecule has 3 aromatic rings. The molecule has 0 aliphatic rings. The molecular formula is C20H21Cl2Zr. The summed E-state index contributed by atoms with van der Waals surface area (Å²) in [5.74, 6) is 0. The first-order valence-corrected chi connectivity index (χ1v) is 7.53. The average Bonchev–Trinajstić information content (AvgIpc) is 2.88. The van der Waals surface area contributed by atoms with Crippen molar-refractivity contribution in [2.75, 3.05) is 0 Å².